The Hall–Kier alpha value is -2.20. The first-order valence-corrected chi connectivity index (χ1v) is 6.83. The zero-order valence-electron chi connectivity index (χ0n) is 12.2. The fraction of sp³-hybridized carbons (Fsp3) is 0.235. The van der Waals surface area contributed by atoms with Crippen LogP contribution in [0.15, 0.2) is 54.6 Å². The maximum absolute atomic E-state index is 13.7. The molecule has 0 radical (unpaired) electrons. The summed E-state index contributed by atoms with van der Waals surface area (Å²) in [7, 11) is 3.87. The van der Waals surface area contributed by atoms with E-state index in [0.29, 0.717) is 6.54 Å². The number of amides is 1. The number of halogens is 1. The van der Waals surface area contributed by atoms with Gasteiger partial charge in [-0.3, -0.25) is 4.79 Å². The van der Waals surface area contributed by atoms with E-state index in [1.807, 2.05) is 49.3 Å². The number of carbonyl (C=O) groups is 1. The van der Waals surface area contributed by atoms with Crippen molar-refractivity contribution in [1.29, 1.82) is 0 Å². The molecule has 0 heterocycles. The summed E-state index contributed by atoms with van der Waals surface area (Å²) < 4.78 is 13.7. The topological polar surface area (TPSA) is 32.3 Å². The third kappa shape index (κ3) is 4.13. The lowest BCUT2D eigenvalue weighted by Crippen LogP contribution is -2.35. The monoisotopic (exact) mass is 286 g/mol. The zero-order chi connectivity index (χ0) is 15.2. The van der Waals surface area contributed by atoms with Crippen LogP contribution >= 0.6 is 0 Å². The highest BCUT2D eigenvalue weighted by atomic mass is 19.1. The van der Waals surface area contributed by atoms with E-state index >= 15 is 0 Å². The quantitative estimate of drug-likeness (QED) is 0.916. The van der Waals surface area contributed by atoms with Gasteiger partial charge in [-0.25, -0.2) is 4.39 Å². The van der Waals surface area contributed by atoms with Crippen molar-refractivity contribution in [2.45, 2.75) is 6.04 Å². The SMILES string of the molecule is CN(C)CC(NC(=O)c1ccccc1F)c1ccccc1. The Labute approximate surface area is 124 Å². The molecule has 0 aromatic heterocycles. The van der Waals surface area contributed by atoms with Crippen LogP contribution in [0.1, 0.15) is 22.0 Å². The molecule has 0 saturated heterocycles. The highest BCUT2D eigenvalue weighted by Gasteiger charge is 2.18. The molecule has 110 valence electrons. The summed E-state index contributed by atoms with van der Waals surface area (Å²) in [5.74, 6) is -0.907. The van der Waals surface area contributed by atoms with Gasteiger partial charge in [-0.2, -0.15) is 0 Å². The third-order valence-corrected chi connectivity index (χ3v) is 3.17. The average Bonchev–Trinajstić information content (AvgIpc) is 2.47. The molecule has 3 nitrogen and oxygen atoms in total. The summed E-state index contributed by atoms with van der Waals surface area (Å²) in [5.41, 5.74) is 1.06. The van der Waals surface area contributed by atoms with Crippen LogP contribution in [0.3, 0.4) is 0 Å². The standard InChI is InChI=1S/C17H19FN2O/c1-20(2)12-16(13-8-4-3-5-9-13)19-17(21)14-10-6-7-11-15(14)18/h3-11,16H,12H2,1-2H3,(H,19,21). The van der Waals surface area contributed by atoms with Crippen LogP contribution in [0.2, 0.25) is 0 Å². The van der Waals surface area contributed by atoms with E-state index in [9.17, 15) is 9.18 Å². The fourth-order valence-corrected chi connectivity index (χ4v) is 2.17. The van der Waals surface area contributed by atoms with Gasteiger partial charge in [0.2, 0.25) is 0 Å². The molecule has 2 aromatic rings. The maximum atomic E-state index is 13.7. The molecule has 0 saturated carbocycles. The summed E-state index contributed by atoms with van der Waals surface area (Å²) >= 11 is 0. The van der Waals surface area contributed by atoms with Crippen molar-refractivity contribution in [2.75, 3.05) is 20.6 Å². The van der Waals surface area contributed by atoms with E-state index in [-0.39, 0.29) is 11.6 Å². The van der Waals surface area contributed by atoms with Crippen LogP contribution in [-0.2, 0) is 0 Å². The smallest absolute Gasteiger partial charge is 0.254 e. The van der Waals surface area contributed by atoms with Gasteiger partial charge in [-0.15, -0.1) is 0 Å². The predicted octanol–water partition coefficient (Wildman–Crippen LogP) is 2.86. The first-order valence-electron chi connectivity index (χ1n) is 6.83. The van der Waals surface area contributed by atoms with Crippen LogP contribution in [0.4, 0.5) is 4.39 Å². The van der Waals surface area contributed by atoms with Crippen molar-refractivity contribution in [3.05, 3.63) is 71.5 Å². The summed E-state index contributed by atoms with van der Waals surface area (Å²) in [6, 6.07) is 15.5. The minimum Gasteiger partial charge on any atom is -0.344 e. The summed E-state index contributed by atoms with van der Waals surface area (Å²) in [6.07, 6.45) is 0. The fourth-order valence-electron chi connectivity index (χ4n) is 2.17. The van der Waals surface area contributed by atoms with Gasteiger partial charge in [0.15, 0.2) is 0 Å². The van der Waals surface area contributed by atoms with Gasteiger partial charge in [0.1, 0.15) is 5.82 Å². The van der Waals surface area contributed by atoms with Gasteiger partial charge < -0.3 is 10.2 Å². The molecule has 0 aliphatic heterocycles. The van der Waals surface area contributed by atoms with Gasteiger partial charge in [0.05, 0.1) is 11.6 Å². The van der Waals surface area contributed by atoms with Crippen molar-refractivity contribution >= 4 is 5.91 Å². The number of nitrogens with one attached hydrogen (secondary N) is 1. The highest BCUT2D eigenvalue weighted by Crippen LogP contribution is 2.15. The number of rotatable bonds is 5. The molecule has 21 heavy (non-hydrogen) atoms. The van der Waals surface area contributed by atoms with Crippen LogP contribution in [0, 0.1) is 5.82 Å². The molecular weight excluding hydrogens is 267 g/mol. The Balaban J connectivity index is 2.19. The Kier molecular flexibility index (Phi) is 5.06. The van der Waals surface area contributed by atoms with Gasteiger partial charge in [-0.1, -0.05) is 42.5 Å². The lowest BCUT2D eigenvalue weighted by molar-refractivity contribution is 0.0926. The Morgan fingerprint density at radius 2 is 1.71 bits per heavy atom. The van der Waals surface area contributed by atoms with E-state index in [1.54, 1.807) is 12.1 Å². The number of hydrogen-bond donors (Lipinski definition) is 1. The molecule has 0 fully saturated rings. The first kappa shape index (κ1) is 15.2. The molecule has 2 rings (SSSR count). The van der Waals surface area contributed by atoms with Crippen LogP contribution in [0.25, 0.3) is 0 Å². The molecule has 2 aromatic carbocycles. The lowest BCUT2D eigenvalue weighted by atomic mass is 10.1. The number of nitrogens with zero attached hydrogens (tertiary/aromatic N) is 1. The van der Waals surface area contributed by atoms with Gasteiger partial charge in [-0.05, 0) is 31.8 Å². The summed E-state index contributed by atoms with van der Waals surface area (Å²) in [5, 5.41) is 2.90. The van der Waals surface area contributed by atoms with Crippen molar-refractivity contribution in [1.82, 2.24) is 10.2 Å². The van der Waals surface area contributed by atoms with Gasteiger partial charge >= 0.3 is 0 Å². The second-order valence-electron chi connectivity index (χ2n) is 5.18. The summed E-state index contributed by atoms with van der Waals surface area (Å²) in [4.78, 5) is 14.2. The molecule has 4 heteroatoms. The van der Waals surface area contributed by atoms with E-state index in [2.05, 4.69) is 5.32 Å². The van der Waals surface area contributed by atoms with Crippen molar-refractivity contribution in [2.24, 2.45) is 0 Å². The molecule has 0 spiro atoms. The second-order valence-corrected chi connectivity index (χ2v) is 5.18. The summed E-state index contributed by atoms with van der Waals surface area (Å²) in [6.45, 7) is 0.643. The van der Waals surface area contributed by atoms with Crippen LogP contribution in [-0.4, -0.2) is 31.4 Å². The minimum atomic E-state index is -0.508. The number of benzene rings is 2. The van der Waals surface area contributed by atoms with E-state index in [4.69, 9.17) is 0 Å². The Morgan fingerprint density at radius 1 is 1.10 bits per heavy atom. The lowest BCUT2D eigenvalue weighted by Gasteiger charge is -2.23. The van der Waals surface area contributed by atoms with Crippen molar-refractivity contribution in [3.63, 3.8) is 0 Å². The van der Waals surface area contributed by atoms with Crippen molar-refractivity contribution < 1.29 is 9.18 Å². The van der Waals surface area contributed by atoms with Crippen LogP contribution < -0.4 is 5.32 Å². The van der Waals surface area contributed by atoms with E-state index in [0.717, 1.165) is 5.56 Å². The second kappa shape index (κ2) is 6.99. The molecule has 0 aliphatic carbocycles. The number of carbonyl (C=O) groups excluding carboxylic acids is 1. The zero-order valence-corrected chi connectivity index (χ0v) is 12.2. The number of likely N-dealkylation sites (N-methyl/N-ethyl adjacent to an activating group) is 1. The molecular formula is C17H19FN2O. The van der Waals surface area contributed by atoms with E-state index < -0.39 is 11.7 Å². The minimum absolute atomic E-state index is 0.0668. The third-order valence-electron chi connectivity index (χ3n) is 3.17. The number of hydrogen-bond acceptors (Lipinski definition) is 2. The molecule has 1 N–H and O–H groups in total. The maximum Gasteiger partial charge on any atom is 0.254 e. The van der Waals surface area contributed by atoms with Crippen LogP contribution in [0.5, 0.6) is 0 Å². The van der Waals surface area contributed by atoms with Crippen molar-refractivity contribution in [3.8, 4) is 0 Å². The average molecular weight is 286 g/mol. The normalized spacial score (nSPS) is 12.2. The molecule has 0 bridgehead atoms. The van der Waals surface area contributed by atoms with Gasteiger partial charge in [0.25, 0.3) is 5.91 Å². The largest absolute Gasteiger partial charge is 0.344 e. The van der Waals surface area contributed by atoms with E-state index in [1.165, 1.54) is 12.1 Å². The Bertz CT molecular complexity index is 599. The molecule has 1 atom stereocenters. The molecule has 1 unspecified atom stereocenters. The highest BCUT2D eigenvalue weighted by molar-refractivity contribution is 5.94. The first-order chi connectivity index (χ1) is 10.1. The molecule has 0 aliphatic rings. The Morgan fingerprint density at radius 3 is 2.33 bits per heavy atom. The molecule has 1 amide bonds. The van der Waals surface area contributed by atoms with Gasteiger partial charge in [0, 0.05) is 6.54 Å². The predicted molar refractivity (Wildman–Crippen MR) is 81.6 cm³/mol.